The van der Waals surface area contributed by atoms with E-state index in [1.54, 1.807) is 29.2 Å². The van der Waals surface area contributed by atoms with Crippen LogP contribution in [0.1, 0.15) is 29.7 Å². The van der Waals surface area contributed by atoms with Crippen molar-refractivity contribution in [1.82, 2.24) is 4.57 Å². The molecule has 2 aromatic heterocycles. The predicted octanol–water partition coefficient (Wildman–Crippen LogP) is 3.23. The fraction of sp³-hybridized carbons (Fsp3) is 0.192. The van der Waals surface area contributed by atoms with Crippen LogP contribution in [-0.4, -0.2) is 16.2 Å². The molecule has 170 valence electrons. The number of hydrogen-bond donors (Lipinski definition) is 1. The third-order valence-electron chi connectivity index (χ3n) is 6.41. The first-order valence-electron chi connectivity index (χ1n) is 10.9. The van der Waals surface area contributed by atoms with E-state index in [0.29, 0.717) is 15.1 Å². The van der Waals surface area contributed by atoms with Crippen molar-refractivity contribution in [1.29, 1.82) is 0 Å². The lowest BCUT2D eigenvalue weighted by atomic mass is 9.80. The first kappa shape index (κ1) is 20.7. The first-order valence-corrected chi connectivity index (χ1v) is 11.8. The highest BCUT2D eigenvalue weighted by atomic mass is 32.1. The third kappa shape index (κ3) is 3.13. The minimum absolute atomic E-state index is 0.192. The summed E-state index contributed by atoms with van der Waals surface area (Å²) in [4.78, 5) is 32.7. The fourth-order valence-corrected chi connectivity index (χ4v) is 5.87. The summed E-state index contributed by atoms with van der Waals surface area (Å²) in [6, 6.07) is 16.4. The van der Waals surface area contributed by atoms with E-state index in [0.717, 1.165) is 22.4 Å². The van der Waals surface area contributed by atoms with Crippen LogP contribution in [0.2, 0.25) is 0 Å². The number of benzene rings is 2. The van der Waals surface area contributed by atoms with Gasteiger partial charge in [0.25, 0.3) is 5.56 Å². The van der Waals surface area contributed by atoms with Crippen LogP contribution in [-0.2, 0) is 4.79 Å². The quantitative estimate of drug-likeness (QED) is 0.497. The summed E-state index contributed by atoms with van der Waals surface area (Å²) in [5, 5.41) is 3.05. The molecule has 6 rings (SSSR count). The fourth-order valence-electron chi connectivity index (χ4n) is 4.78. The molecule has 4 heterocycles. The van der Waals surface area contributed by atoms with E-state index in [9.17, 15) is 9.59 Å². The van der Waals surface area contributed by atoms with Crippen LogP contribution in [0.4, 0.5) is 5.69 Å². The molecule has 0 fully saturated rings. The summed E-state index contributed by atoms with van der Waals surface area (Å²) >= 11 is 1.29. The zero-order valence-electron chi connectivity index (χ0n) is 18.5. The Balaban J connectivity index is 1.55. The number of aromatic nitrogens is 1. The van der Waals surface area contributed by atoms with Crippen molar-refractivity contribution >= 4 is 29.0 Å². The molecule has 1 N–H and O–H groups in total. The van der Waals surface area contributed by atoms with E-state index in [1.165, 1.54) is 11.3 Å². The molecule has 0 saturated carbocycles. The van der Waals surface area contributed by atoms with Crippen molar-refractivity contribution in [2.75, 3.05) is 5.32 Å². The SMILES string of the molecule is Cc1ccccc1NC(=O)[C@@H]1[C@H]2c3ccccc3O[C@]1(C)N=c1s/c(=C\c3ccoc3)c(=O)n12. The Morgan fingerprint density at radius 1 is 1.18 bits per heavy atom. The van der Waals surface area contributed by atoms with Crippen LogP contribution < -0.4 is 24.9 Å². The second kappa shape index (κ2) is 7.56. The second-order valence-electron chi connectivity index (χ2n) is 8.66. The van der Waals surface area contributed by atoms with E-state index < -0.39 is 17.7 Å². The second-order valence-corrected chi connectivity index (χ2v) is 9.67. The molecule has 1 amide bonds. The van der Waals surface area contributed by atoms with Crippen LogP contribution in [0.15, 0.2) is 81.3 Å². The van der Waals surface area contributed by atoms with Crippen molar-refractivity contribution in [3.8, 4) is 5.75 Å². The lowest BCUT2D eigenvalue weighted by molar-refractivity contribution is -0.131. The van der Waals surface area contributed by atoms with Crippen LogP contribution in [0.25, 0.3) is 6.08 Å². The Bertz CT molecular complexity index is 1600. The number of furan rings is 1. The van der Waals surface area contributed by atoms with E-state index in [1.807, 2.05) is 62.4 Å². The van der Waals surface area contributed by atoms with Crippen molar-refractivity contribution in [3.05, 3.63) is 104 Å². The number of ether oxygens (including phenoxy) is 1. The summed E-state index contributed by atoms with van der Waals surface area (Å²) in [5.74, 6) is -0.365. The van der Waals surface area contributed by atoms with Gasteiger partial charge in [0.1, 0.15) is 11.7 Å². The molecule has 0 saturated heterocycles. The zero-order valence-corrected chi connectivity index (χ0v) is 19.3. The molecule has 2 aromatic carbocycles. The predicted molar refractivity (Wildman–Crippen MR) is 129 cm³/mol. The van der Waals surface area contributed by atoms with Crippen LogP contribution >= 0.6 is 11.3 Å². The number of nitrogens with zero attached hydrogens (tertiary/aromatic N) is 2. The Morgan fingerprint density at radius 3 is 2.76 bits per heavy atom. The number of aryl methyl sites for hydroxylation is 1. The van der Waals surface area contributed by atoms with Gasteiger partial charge in [-0.15, -0.1) is 0 Å². The van der Waals surface area contributed by atoms with Crippen molar-refractivity contribution < 1.29 is 13.9 Å². The van der Waals surface area contributed by atoms with Gasteiger partial charge in [0.2, 0.25) is 11.6 Å². The molecule has 2 aliphatic heterocycles. The molecule has 0 spiro atoms. The Morgan fingerprint density at radius 2 is 1.97 bits per heavy atom. The molecular weight excluding hydrogens is 450 g/mol. The van der Waals surface area contributed by atoms with E-state index >= 15 is 0 Å². The minimum Gasteiger partial charge on any atom is -0.472 e. The number of anilines is 1. The van der Waals surface area contributed by atoms with E-state index in [2.05, 4.69) is 5.32 Å². The molecule has 2 bridgehead atoms. The highest BCUT2D eigenvalue weighted by Crippen LogP contribution is 2.47. The smallest absolute Gasteiger partial charge is 0.270 e. The van der Waals surface area contributed by atoms with Crippen molar-refractivity contribution in [3.63, 3.8) is 0 Å². The van der Waals surface area contributed by atoms with E-state index in [-0.39, 0.29) is 11.5 Å². The highest BCUT2D eigenvalue weighted by molar-refractivity contribution is 7.07. The Hall–Kier alpha value is -3.91. The van der Waals surface area contributed by atoms with Gasteiger partial charge in [-0.2, -0.15) is 0 Å². The standard InChI is InChI=1S/C26H21N3O4S/c1-15-7-3-5-9-18(15)27-23(30)21-22-17-8-4-6-10-19(17)33-26(21,2)28-25-29(22)24(31)20(34-25)13-16-11-12-32-14-16/h3-14,21-22H,1-2H3,(H,27,30)/b20-13-/t21-,22+,26-/m0/s1. The topological polar surface area (TPSA) is 85.8 Å². The summed E-state index contributed by atoms with van der Waals surface area (Å²) in [7, 11) is 0. The van der Waals surface area contributed by atoms with Crippen molar-refractivity contribution in [2.24, 2.45) is 10.9 Å². The van der Waals surface area contributed by atoms with Gasteiger partial charge in [0.05, 0.1) is 23.1 Å². The summed E-state index contributed by atoms with van der Waals surface area (Å²) < 4.78 is 13.6. The molecule has 0 radical (unpaired) electrons. The van der Waals surface area contributed by atoms with Gasteiger partial charge in [0.15, 0.2) is 4.80 Å². The minimum atomic E-state index is -1.17. The zero-order chi connectivity index (χ0) is 23.4. The molecule has 3 atom stereocenters. The van der Waals surface area contributed by atoms with Gasteiger partial charge in [0, 0.05) is 16.8 Å². The number of carbonyl (C=O) groups is 1. The molecule has 34 heavy (non-hydrogen) atoms. The van der Waals surface area contributed by atoms with Crippen LogP contribution in [0.3, 0.4) is 0 Å². The number of rotatable bonds is 3. The maximum absolute atomic E-state index is 13.7. The van der Waals surface area contributed by atoms with Crippen LogP contribution in [0.5, 0.6) is 5.75 Å². The first-order chi connectivity index (χ1) is 16.4. The summed E-state index contributed by atoms with van der Waals surface area (Å²) in [6.45, 7) is 3.75. The van der Waals surface area contributed by atoms with Gasteiger partial charge < -0.3 is 14.5 Å². The lowest BCUT2D eigenvalue weighted by Gasteiger charge is -2.45. The monoisotopic (exact) mass is 471 g/mol. The van der Waals surface area contributed by atoms with Gasteiger partial charge in [-0.3, -0.25) is 14.2 Å². The average Bonchev–Trinajstić information content (AvgIpc) is 3.42. The number of hydrogen-bond acceptors (Lipinski definition) is 6. The lowest BCUT2D eigenvalue weighted by Crippen LogP contribution is -2.59. The van der Waals surface area contributed by atoms with Gasteiger partial charge >= 0.3 is 0 Å². The Labute approximate surface area is 198 Å². The molecule has 7 nitrogen and oxygen atoms in total. The number of para-hydroxylation sites is 2. The third-order valence-corrected chi connectivity index (χ3v) is 7.39. The summed E-state index contributed by atoms with van der Waals surface area (Å²) in [6.07, 6.45) is 4.92. The van der Waals surface area contributed by atoms with Gasteiger partial charge in [-0.25, -0.2) is 4.99 Å². The molecule has 4 aromatic rings. The van der Waals surface area contributed by atoms with Gasteiger partial charge in [-0.05, 0) is 43.7 Å². The Kier molecular flexibility index (Phi) is 4.60. The number of fused-ring (bicyclic) bond motifs is 6. The normalized spacial score (nSPS) is 22.8. The molecule has 8 heteroatoms. The maximum Gasteiger partial charge on any atom is 0.270 e. The molecular formula is C26H21N3O4S. The molecule has 0 aliphatic carbocycles. The summed E-state index contributed by atoms with van der Waals surface area (Å²) in [5.41, 5.74) is 1.88. The van der Waals surface area contributed by atoms with E-state index in [4.69, 9.17) is 14.1 Å². The largest absolute Gasteiger partial charge is 0.472 e. The van der Waals surface area contributed by atoms with Crippen LogP contribution in [0, 0.1) is 12.8 Å². The number of amides is 1. The maximum atomic E-state index is 13.7. The highest BCUT2D eigenvalue weighted by Gasteiger charge is 2.55. The molecule has 2 aliphatic rings. The van der Waals surface area contributed by atoms with Gasteiger partial charge in [-0.1, -0.05) is 47.7 Å². The van der Waals surface area contributed by atoms with Crippen molar-refractivity contribution in [2.45, 2.75) is 25.6 Å². The molecule has 0 unspecified atom stereocenters. The number of carbonyl (C=O) groups excluding carboxylic acids is 1. The number of nitrogens with one attached hydrogen (secondary N) is 1. The number of thiazole rings is 1. The average molecular weight is 472 g/mol.